The maximum atomic E-state index is 13.3. The predicted octanol–water partition coefficient (Wildman–Crippen LogP) is 2.95. The van der Waals surface area contributed by atoms with Gasteiger partial charge in [0.15, 0.2) is 5.41 Å². The van der Waals surface area contributed by atoms with E-state index in [1.807, 2.05) is 6.07 Å². The second kappa shape index (κ2) is 5.65. The van der Waals surface area contributed by atoms with Crippen LogP contribution in [-0.2, 0) is 5.41 Å². The molecule has 21 heavy (non-hydrogen) atoms. The van der Waals surface area contributed by atoms with Crippen molar-refractivity contribution < 1.29 is 17.7 Å². The highest BCUT2D eigenvalue weighted by molar-refractivity contribution is 5.85. The Bertz CT molecular complexity index is 594. The zero-order chi connectivity index (χ0) is 14.2. The number of aromatic nitrogens is 2. The Morgan fingerprint density at radius 2 is 1.90 bits per heavy atom. The van der Waals surface area contributed by atoms with E-state index in [1.54, 1.807) is 24.3 Å². The lowest BCUT2D eigenvalue weighted by Gasteiger charge is -2.26. The lowest BCUT2D eigenvalue weighted by molar-refractivity contribution is -0.191. The lowest BCUT2D eigenvalue weighted by atomic mass is 9.86. The van der Waals surface area contributed by atoms with E-state index < -0.39 is 11.6 Å². The minimum Gasteiger partial charge on any atom is -0.338 e. The van der Waals surface area contributed by atoms with E-state index in [1.165, 1.54) is 0 Å². The molecule has 1 unspecified atom stereocenters. The average molecular weight is 320 g/mol. The second-order valence-electron chi connectivity index (χ2n) is 4.80. The van der Waals surface area contributed by atoms with Gasteiger partial charge in [-0.2, -0.15) is 18.2 Å². The monoisotopic (exact) mass is 319 g/mol. The standard InChI is InChI=1S/C13H12F3N3O.ClH/c14-13(15,16)12(6-7-17-8-12)11-18-10(19-20-11)9-4-2-1-3-5-9;/h1-5,17H,6-8H2;1H. The van der Waals surface area contributed by atoms with Crippen LogP contribution in [0.5, 0.6) is 0 Å². The first-order valence-corrected chi connectivity index (χ1v) is 6.20. The van der Waals surface area contributed by atoms with Gasteiger partial charge < -0.3 is 9.84 Å². The smallest absolute Gasteiger partial charge is 0.338 e. The maximum Gasteiger partial charge on any atom is 0.404 e. The first-order valence-electron chi connectivity index (χ1n) is 6.20. The molecular weight excluding hydrogens is 307 g/mol. The Balaban J connectivity index is 0.00000161. The molecule has 1 atom stereocenters. The van der Waals surface area contributed by atoms with E-state index in [2.05, 4.69) is 15.5 Å². The lowest BCUT2D eigenvalue weighted by Crippen LogP contribution is -2.44. The number of alkyl halides is 3. The number of nitrogens with zero attached hydrogens (tertiary/aromatic N) is 2. The normalized spacial score (nSPS) is 22.0. The highest BCUT2D eigenvalue weighted by Crippen LogP contribution is 2.44. The van der Waals surface area contributed by atoms with Crippen LogP contribution in [0.15, 0.2) is 34.9 Å². The topological polar surface area (TPSA) is 51.0 Å². The molecule has 1 fully saturated rings. The van der Waals surface area contributed by atoms with Crippen LogP contribution in [0.3, 0.4) is 0 Å². The van der Waals surface area contributed by atoms with Crippen molar-refractivity contribution in [1.29, 1.82) is 0 Å². The van der Waals surface area contributed by atoms with Crippen molar-refractivity contribution in [2.24, 2.45) is 0 Å². The van der Waals surface area contributed by atoms with Crippen LogP contribution in [0.4, 0.5) is 13.2 Å². The summed E-state index contributed by atoms with van der Waals surface area (Å²) >= 11 is 0. The van der Waals surface area contributed by atoms with Gasteiger partial charge in [0.25, 0.3) is 0 Å². The third-order valence-corrected chi connectivity index (χ3v) is 3.57. The molecule has 0 radical (unpaired) electrons. The molecule has 0 saturated carbocycles. The van der Waals surface area contributed by atoms with Crippen LogP contribution < -0.4 is 5.32 Å². The molecule has 8 heteroatoms. The van der Waals surface area contributed by atoms with Crippen LogP contribution in [0.1, 0.15) is 12.3 Å². The maximum absolute atomic E-state index is 13.3. The highest BCUT2D eigenvalue weighted by Gasteiger charge is 2.61. The van der Waals surface area contributed by atoms with Crippen LogP contribution in [0.2, 0.25) is 0 Å². The Morgan fingerprint density at radius 1 is 1.19 bits per heavy atom. The van der Waals surface area contributed by atoms with E-state index in [0.717, 1.165) is 0 Å². The van der Waals surface area contributed by atoms with Crippen molar-refractivity contribution in [3.05, 3.63) is 36.2 Å². The number of rotatable bonds is 2. The van der Waals surface area contributed by atoms with Gasteiger partial charge in [0.1, 0.15) is 0 Å². The molecule has 4 nitrogen and oxygen atoms in total. The summed E-state index contributed by atoms with van der Waals surface area (Å²) in [7, 11) is 0. The van der Waals surface area contributed by atoms with Crippen LogP contribution in [-0.4, -0.2) is 29.4 Å². The summed E-state index contributed by atoms with van der Waals surface area (Å²) in [5.74, 6) is -0.190. The fraction of sp³-hybridized carbons (Fsp3) is 0.385. The molecule has 2 heterocycles. The third-order valence-electron chi connectivity index (χ3n) is 3.57. The zero-order valence-corrected chi connectivity index (χ0v) is 11.7. The van der Waals surface area contributed by atoms with E-state index in [0.29, 0.717) is 5.56 Å². The molecule has 0 aliphatic carbocycles. The van der Waals surface area contributed by atoms with Crippen molar-refractivity contribution in [3.63, 3.8) is 0 Å². The molecule has 2 aromatic rings. The quantitative estimate of drug-likeness (QED) is 0.924. The van der Waals surface area contributed by atoms with Crippen LogP contribution in [0.25, 0.3) is 11.4 Å². The number of hydrogen-bond acceptors (Lipinski definition) is 4. The number of benzene rings is 1. The molecule has 1 aromatic carbocycles. The minimum atomic E-state index is -4.42. The molecule has 1 aliphatic heterocycles. The molecule has 1 aliphatic rings. The van der Waals surface area contributed by atoms with Gasteiger partial charge in [-0.1, -0.05) is 35.5 Å². The first kappa shape index (κ1) is 15.8. The van der Waals surface area contributed by atoms with Crippen LogP contribution >= 0.6 is 12.4 Å². The molecule has 3 rings (SSSR count). The molecule has 1 saturated heterocycles. The Labute approximate surface area is 125 Å². The Morgan fingerprint density at radius 3 is 2.48 bits per heavy atom. The summed E-state index contributed by atoms with van der Waals surface area (Å²) in [5.41, 5.74) is -1.45. The van der Waals surface area contributed by atoms with Gasteiger partial charge in [-0.15, -0.1) is 12.4 Å². The number of nitrogens with one attached hydrogen (secondary N) is 1. The summed E-state index contributed by atoms with van der Waals surface area (Å²) < 4.78 is 44.9. The van der Waals surface area contributed by atoms with E-state index in [9.17, 15) is 13.2 Å². The number of hydrogen-bond donors (Lipinski definition) is 1. The Kier molecular flexibility index (Phi) is 4.25. The van der Waals surface area contributed by atoms with Crippen LogP contribution in [0, 0.1) is 0 Å². The van der Waals surface area contributed by atoms with Crippen molar-refractivity contribution >= 4 is 12.4 Å². The third kappa shape index (κ3) is 2.63. The molecule has 1 aromatic heterocycles. The van der Waals surface area contributed by atoms with Gasteiger partial charge >= 0.3 is 6.18 Å². The summed E-state index contributed by atoms with van der Waals surface area (Å²) in [6, 6.07) is 8.79. The van der Waals surface area contributed by atoms with Crippen molar-refractivity contribution in [2.45, 2.75) is 18.0 Å². The second-order valence-corrected chi connectivity index (χ2v) is 4.80. The molecule has 1 N–H and O–H groups in total. The van der Waals surface area contributed by atoms with Gasteiger partial charge in [0.05, 0.1) is 0 Å². The van der Waals surface area contributed by atoms with Gasteiger partial charge in [0.2, 0.25) is 11.7 Å². The van der Waals surface area contributed by atoms with Gasteiger partial charge in [-0.05, 0) is 13.0 Å². The van der Waals surface area contributed by atoms with Crippen molar-refractivity contribution in [1.82, 2.24) is 15.5 Å². The SMILES string of the molecule is Cl.FC(F)(F)C1(c2nc(-c3ccccc3)no2)CCNC1. The molecule has 0 amide bonds. The van der Waals surface area contributed by atoms with Crippen molar-refractivity contribution in [3.8, 4) is 11.4 Å². The fourth-order valence-corrected chi connectivity index (χ4v) is 2.36. The van der Waals surface area contributed by atoms with Gasteiger partial charge in [-0.3, -0.25) is 0 Å². The minimum absolute atomic E-state index is 0. The van der Waals surface area contributed by atoms with E-state index >= 15 is 0 Å². The summed E-state index contributed by atoms with van der Waals surface area (Å²) in [5, 5.41) is 6.40. The molecule has 114 valence electrons. The van der Waals surface area contributed by atoms with Crippen molar-refractivity contribution in [2.75, 3.05) is 13.1 Å². The average Bonchev–Trinajstić information content (AvgIpc) is 3.09. The largest absolute Gasteiger partial charge is 0.404 e. The summed E-state index contributed by atoms with van der Waals surface area (Å²) in [4.78, 5) is 3.96. The summed E-state index contributed by atoms with van der Waals surface area (Å²) in [6.07, 6.45) is -4.51. The molecule has 0 spiro atoms. The van der Waals surface area contributed by atoms with Gasteiger partial charge in [0, 0.05) is 12.1 Å². The van der Waals surface area contributed by atoms with Gasteiger partial charge in [-0.25, -0.2) is 0 Å². The fourth-order valence-electron chi connectivity index (χ4n) is 2.36. The summed E-state index contributed by atoms with van der Waals surface area (Å²) in [6.45, 7) is 0.0511. The van der Waals surface area contributed by atoms with E-state index in [-0.39, 0.29) is 43.6 Å². The zero-order valence-electron chi connectivity index (χ0n) is 10.9. The predicted molar refractivity (Wildman–Crippen MR) is 72.2 cm³/mol. The van der Waals surface area contributed by atoms with E-state index in [4.69, 9.17) is 4.52 Å². The first-order chi connectivity index (χ1) is 9.53. The molecule has 0 bridgehead atoms. The number of halogens is 4. The molecular formula is C13H13ClF3N3O. The highest BCUT2D eigenvalue weighted by atomic mass is 35.5. The Hall–Kier alpha value is -1.60.